The number of nitriles is 1. The molecule has 0 saturated carbocycles. The van der Waals surface area contributed by atoms with Crippen molar-refractivity contribution in [3.8, 4) is 6.07 Å². The normalized spacial score (nSPS) is 17.8. The lowest BCUT2D eigenvalue weighted by atomic mass is 10.00. The number of hydrogen-bond donors (Lipinski definition) is 2. The summed E-state index contributed by atoms with van der Waals surface area (Å²) in [6.45, 7) is 0. The predicted molar refractivity (Wildman–Crippen MR) is 62.8 cm³/mol. The lowest BCUT2D eigenvalue weighted by Gasteiger charge is -2.24. The summed E-state index contributed by atoms with van der Waals surface area (Å²) in [5, 5.41) is 16.2. The van der Waals surface area contributed by atoms with Crippen LogP contribution in [0.4, 0.5) is 5.95 Å². The van der Waals surface area contributed by atoms with Crippen LogP contribution in [-0.4, -0.2) is 19.7 Å². The Kier molecular flexibility index (Phi) is 2.20. The number of pyridine rings is 1. The van der Waals surface area contributed by atoms with Crippen LogP contribution in [0.2, 0.25) is 0 Å². The highest BCUT2D eigenvalue weighted by molar-refractivity contribution is 5.50. The van der Waals surface area contributed by atoms with Crippen molar-refractivity contribution in [1.82, 2.24) is 19.7 Å². The highest BCUT2D eigenvalue weighted by Gasteiger charge is 2.29. The maximum absolute atomic E-state index is 9.25. The lowest BCUT2D eigenvalue weighted by Crippen LogP contribution is -2.28. The van der Waals surface area contributed by atoms with Gasteiger partial charge in [0.15, 0.2) is 0 Å². The zero-order valence-corrected chi connectivity index (χ0v) is 9.28. The van der Waals surface area contributed by atoms with Gasteiger partial charge in [0, 0.05) is 18.0 Å². The summed E-state index contributed by atoms with van der Waals surface area (Å²) in [4.78, 5) is 8.10. The second kappa shape index (κ2) is 3.85. The van der Waals surface area contributed by atoms with E-state index >= 15 is 0 Å². The number of nitrogens with one attached hydrogen (secondary N) is 1. The van der Waals surface area contributed by atoms with E-state index in [9.17, 15) is 5.26 Å². The van der Waals surface area contributed by atoms with Crippen molar-refractivity contribution in [2.75, 3.05) is 5.32 Å². The monoisotopic (exact) mass is 239 g/mol. The molecule has 0 fully saturated rings. The summed E-state index contributed by atoms with van der Waals surface area (Å²) in [5.74, 6) is 0.812. The van der Waals surface area contributed by atoms with E-state index in [0.29, 0.717) is 17.3 Å². The molecular weight excluding hydrogens is 230 g/mol. The third-order valence-corrected chi connectivity index (χ3v) is 2.75. The molecule has 2 aromatic heterocycles. The second-order valence-electron chi connectivity index (χ2n) is 3.78. The van der Waals surface area contributed by atoms with Gasteiger partial charge >= 0.3 is 0 Å². The minimum absolute atomic E-state index is 0.298. The summed E-state index contributed by atoms with van der Waals surface area (Å²) in [6.07, 6.45) is 4.78. The van der Waals surface area contributed by atoms with Crippen LogP contribution in [0.3, 0.4) is 0 Å². The molecule has 0 saturated heterocycles. The molecule has 1 aliphatic rings. The van der Waals surface area contributed by atoms with Crippen molar-refractivity contribution < 1.29 is 0 Å². The predicted octanol–water partition coefficient (Wildman–Crippen LogP) is 0.382. The number of hydrogen-bond acceptors (Lipinski definition) is 6. The van der Waals surface area contributed by atoms with Gasteiger partial charge in [-0.1, -0.05) is 6.07 Å². The van der Waals surface area contributed by atoms with Crippen LogP contribution >= 0.6 is 0 Å². The summed E-state index contributed by atoms with van der Waals surface area (Å²) >= 11 is 0. The molecule has 88 valence electrons. The first-order valence-corrected chi connectivity index (χ1v) is 5.27. The number of nitrogens with two attached hydrogens (primary N) is 1. The Morgan fingerprint density at radius 2 is 2.39 bits per heavy atom. The van der Waals surface area contributed by atoms with Gasteiger partial charge in [-0.05, 0) is 6.07 Å². The van der Waals surface area contributed by atoms with Crippen molar-refractivity contribution in [2.45, 2.75) is 6.04 Å². The van der Waals surface area contributed by atoms with Crippen LogP contribution in [-0.2, 0) is 0 Å². The molecule has 0 aromatic carbocycles. The second-order valence-corrected chi connectivity index (χ2v) is 3.78. The molecule has 3 rings (SSSR count). The van der Waals surface area contributed by atoms with Crippen molar-refractivity contribution in [3.63, 3.8) is 0 Å². The van der Waals surface area contributed by atoms with Crippen LogP contribution in [0.5, 0.6) is 0 Å². The number of fused-ring (bicyclic) bond motifs is 1. The van der Waals surface area contributed by atoms with Gasteiger partial charge in [-0.25, -0.2) is 4.68 Å². The molecule has 0 bridgehead atoms. The zero-order valence-electron chi connectivity index (χ0n) is 9.28. The maximum atomic E-state index is 9.25. The van der Waals surface area contributed by atoms with E-state index in [1.54, 1.807) is 23.1 Å². The molecular formula is C11H9N7. The highest BCUT2D eigenvalue weighted by atomic mass is 15.4. The Bertz CT molecular complexity index is 650. The highest BCUT2D eigenvalue weighted by Crippen LogP contribution is 2.31. The van der Waals surface area contributed by atoms with Gasteiger partial charge in [0.05, 0.1) is 5.57 Å². The summed E-state index contributed by atoms with van der Waals surface area (Å²) < 4.78 is 1.62. The molecule has 3 heterocycles. The van der Waals surface area contributed by atoms with Gasteiger partial charge < -0.3 is 11.1 Å². The lowest BCUT2D eigenvalue weighted by molar-refractivity contribution is 0.583. The standard InChI is InChI=1S/C11H9N7/c12-4-8-9(7-2-1-3-14-5-7)18-11(15-6-16-18)17-10(8)13/h1-3,5-6,9H,13H2,(H,15,16,17)/t9-/m1/s1. The first kappa shape index (κ1) is 10.3. The van der Waals surface area contributed by atoms with E-state index < -0.39 is 0 Å². The Hall–Kier alpha value is -2.88. The third kappa shape index (κ3) is 1.40. The van der Waals surface area contributed by atoms with Crippen LogP contribution < -0.4 is 11.1 Å². The van der Waals surface area contributed by atoms with Crippen molar-refractivity contribution >= 4 is 5.95 Å². The fourth-order valence-electron chi connectivity index (χ4n) is 1.95. The summed E-state index contributed by atoms with van der Waals surface area (Å²) in [5.41, 5.74) is 7.08. The smallest absolute Gasteiger partial charge is 0.227 e. The van der Waals surface area contributed by atoms with Gasteiger partial charge in [-0.3, -0.25) is 4.98 Å². The van der Waals surface area contributed by atoms with E-state index in [4.69, 9.17) is 5.73 Å². The van der Waals surface area contributed by atoms with Crippen LogP contribution in [0.25, 0.3) is 0 Å². The molecule has 0 radical (unpaired) electrons. The Labute approximate surface area is 103 Å². The topological polar surface area (TPSA) is 105 Å². The van der Waals surface area contributed by atoms with Crippen LogP contribution in [0.1, 0.15) is 11.6 Å². The molecule has 0 spiro atoms. The van der Waals surface area contributed by atoms with Gasteiger partial charge in [0.25, 0.3) is 0 Å². The summed E-state index contributed by atoms with van der Waals surface area (Å²) in [7, 11) is 0. The molecule has 1 aliphatic heterocycles. The molecule has 7 heteroatoms. The van der Waals surface area contributed by atoms with Gasteiger partial charge in [-0.15, -0.1) is 0 Å². The average molecular weight is 239 g/mol. The Morgan fingerprint density at radius 3 is 3.11 bits per heavy atom. The maximum Gasteiger partial charge on any atom is 0.227 e. The van der Waals surface area contributed by atoms with E-state index in [1.807, 2.05) is 6.07 Å². The van der Waals surface area contributed by atoms with E-state index in [2.05, 4.69) is 26.5 Å². The molecule has 3 N–H and O–H groups in total. The Balaban J connectivity index is 2.20. The fourth-order valence-corrected chi connectivity index (χ4v) is 1.95. The number of aromatic nitrogens is 4. The Morgan fingerprint density at radius 1 is 1.50 bits per heavy atom. The van der Waals surface area contributed by atoms with Crippen LogP contribution in [0, 0.1) is 11.3 Å². The minimum Gasteiger partial charge on any atom is -0.384 e. The van der Waals surface area contributed by atoms with E-state index in [1.165, 1.54) is 6.33 Å². The summed E-state index contributed by atoms with van der Waals surface area (Å²) in [6, 6.07) is 5.40. The third-order valence-electron chi connectivity index (χ3n) is 2.75. The minimum atomic E-state index is -0.387. The fraction of sp³-hybridized carbons (Fsp3) is 0.0909. The number of rotatable bonds is 1. The molecule has 0 amide bonds. The first-order valence-electron chi connectivity index (χ1n) is 5.27. The molecule has 2 aromatic rings. The van der Waals surface area contributed by atoms with Crippen molar-refractivity contribution in [2.24, 2.45) is 5.73 Å². The van der Waals surface area contributed by atoms with Crippen molar-refractivity contribution in [3.05, 3.63) is 47.8 Å². The van der Waals surface area contributed by atoms with Gasteiger partial charge in [0.1, 0.15) is 24.3 Å². The van der Waals surface area contributed by atoms with Crippen molar-refractivity contribution in [1.29, 1.82) is 5.26 Å². The van der Waals surface area contributed by atoms with Crippen LogP contribution in [0.15, 0.2) is 42.2 Å². The van der Waals surface area contributed by atoms with E-state index in [-0.39, 0.29) is 6.04 Å². The van der Waals surface area contributed by atoms with Gasteiger partial charge in [-0.2, -0.15) is 15.3 Å². The van der Waals surface area contributed by atoms with Gasteiger partial charge in [0.2, 0.25) is 5.95 Å². The number of allylic oxidation sites excluding steroid dienone is 1. The zero-order chi connectivity index (χ0) is 12.5. The SMILES string of the molecule is N#CC1=C(N)Nc2ncnn2[C@@H]1c1cccnc1. The molecule has 0 aliphatic carbocycles. The van der Waals surface area contributed by atoms with E-state index in [0.717, 1.165) is 5.56 Å². The first-order chi connectivity index (χ1) is 8.81. The molecule has 0 unspecified atom stereocenters. The molecule has 18 heavy (non-hydrogen) atoms. The largest absolute Gasteiger partial charge is 0.384 e. The molecule has 7 nitrogen and oxygen atoms in total. The number of nitrogens with zero attached hydrogens (tertiary/aromatic N) is 5. The molecule has 1 atom stereocenters. The number of anilines is 1. The quantitative estimate of drug-likeness (QED) is 0.745. The average Bonchev–Trinajstić information content (AvgIpc) is 2.85.